The second-order valence-corrected chi connectivity index (χ2v) is 8.28. The SMILES string of the molecule is CCOc1cc(C=C(C#N)c2ccccc2Cl)cc(I)c1OCc1cccc(C(=O)O)c1. The molecule has 7 heteroatoms. The van der Waals surface area contributed by atoms with E-state index in [2.05, 4.69) is 28.7 Å². The molecule has 32 heavy (non-hydrogen) atoms. The van der Waals surface area contributed by atoms with Crippen LogP contribution in [0.3, 0.4) is 0 Å². The van der Waals surface area contributed by atoms with Gasteiger partial charge in [0.05, 0.1) is 27.4 Å². The van der Waals surface area contributed by atoms with Crippen LogP contribution in [0.5, 0.6) is 11.5 Å². The molecule has 0 unspecified atom stereocenters. The molecule has 0 fully saturated rings. The lowest BCUT2D eigenvalue weighted by atomic mass is 10.0. The van der Waals surface area contributed by atoms with Crippen molar-refractivity contribution in [1.82, 2.24) is 0 Å². The summed E-state index contributed by atoms with van der Waals surface area (Å²) in [6, 6.07) is 19.7. The van der Waals surface area contributed by atoms with Crippen molar-refractivity contribution in [1.29, 1.82) is 5.26 Å². The zero-order valence-electron chi connectivity index (χ0n) is 17.1. The largest absolute Gasteiger partial charge is 0.490 e. The summed E-state index contributed by atoms with van der Waals surface area (Å²) < 4.78 is 12.6. The monoisotopic (exact) mass is 559 g/mol. The fraction of sp³-hybridized carbons (Fsp3) is 0.120. The van der Waals surface area contributed by atoms with Crippen molar-refractivity contribution in [2.45, 2.75) is 13.5 Å². The Kier molecular flexibility index (Phi) is 8.14. The minimum Gasteiger partial charge on any atom is -0.490 e. The summed E-state index contributed by atoms with van der Waals surface area (Å²) in [5.41, 5.74) is 2.80. The van der Waals surface area contributed by atoms with Crippen molar-refractivity contribution >= 4 is 51.8 Å². The smallest absolute Gasteiger partial charge is 0.335 e. The average Bonchev–Trinajstić information content (AvgIpc) is 2.78. The highest BCUT2D eigenvalue weighted by Crippen LogP contribution is 2.36. The maximum atomic E-state index is 11.2. The fourth-order valence-electron chi connectivity index (χ4n) is 3.04. The molecule has 0 spiro atoms. The predicted octanol–water partition coefficient (Wildman–Crippen LogP) is 6.68. The molecule has 0 radical (unpaired) electrons. The molecule has 0 bridgehead atoms. The summed E-state index contributed by atoms with van der Waals surface area (Å²) in [7, 11) is 0. The summed E-state index contributed by atoms with van der Waals surface area (Å²) in [5.74, 6) is 0.109. The molecule has 0 aliphatic rings. The number of hydrogen-bond acceptors (Lipinski definition) is 4. The van der Waals surface area contributed by atoms with Gasteiger partial charge in [-0.15, -0.1) is 0 Å². The Balaban J connectivity index is 1.93. The van der Waals surface area contributed by atoms with Gasteiger partial charge in [-0.2, -0.15) is 5.26 Å². The third kappa shape index (κ3) is 5.81. The van der Waals surface area contributed by atoms with Gasteiger partial charge in [0, 0.05) is 10.6 Å². The summed E-state index contributed by atoms with van der Waals surface area (Å²) >= 11 is 8.41. The number of carbonyl (C=O) groups is 1. The van der Waals surface area contributed by atoms with Crippen molar-refractivity contribution in [3.63, 3.8) is 0 Å². The standard InChI is InChI=1S/C25H19ClINO4/c1-2-31-23-13-17(11-19(14-28)20-8-3-4-9-21(20)26)12-22(27)24(23)32-15-16-6-5-7-18(10-16)25(29)30/h3-13H,2,15H2,1H3,(H,29,30). The van der Waals surface area contributed by atoms with Crippen molar-refractivity contribution in [2.75, 3.05) is 6.61 Å². The van der Waals surface area contributed by atoms with Crippen LogP contribution >= 0.6 is 34.2 Å². The van der Waals surface area contributed by atoms with E-state index in [-0.39, 0.29) is 12.2 Å². The molecule has 0 aliphatic carbocycles. The Morgan fingerprint density at radius 3 is 2.62 bits per heavy atom. The Morgan fingerprint density at radius 2 is 1.94 bits per heavy atom. The van der Waals surface area contributed by atoms with Gasteiger partial charge < -0.3 is 14.6 Å². The minimum atomic E-state index is -0.987. The van der Waals surface area contributed by atoms with Crippen molar-refractivity contribution in [2.24, 2.45) is 0 Å². The third-order valence-corrected chi connectivity index (χ3v) is 5.62. The number of ether oxygens (including phenoxy) is 2. The van der Waals surface area contributed by atoms with Crippen LogP contribution in [0.25, 0.3) is 11.6 Å². The molecule has 0 saturated heterocycles. The van der Waals surface area contributed by atoms with E-state index in [1.165, 1.54) is 6.07 Å². The van der Waals surface area contributed by atoms with Gasteiger partial charge in [-0.05, 0) is 77.0 Å². The van der Waals surface area contributed by atoms with Gasteiger partial charge in [-0.25, -0.2) is 4.79 Å². The van der Waals surface area contributed by atoms with Crippen LogP contribution in [-0.2, 0) is 6.61 Å². The zero-order valence-corrected chi connectivity index (χ0v) is 20.1. The lowest BCUT2D eigenvalue weighted by molar-refractivity contribution is 0.0696. The van der Waals surface area contributed by atoms with E-state index >= 15 is 0 Å². The summed E-state index contributed by atoms with van der Waals surface area (Å²) in [6.07, 6.45) is 1.76. The molecular weight excluding hydrogens is 541 g/mol. The number of hydrogen-bond donors (Lipinski definition) is 1. The van der Waals surface area contributed by atoms with E-state index in [9.17, 15) is 15.2 Å². The molecule has 3 aromatic carbocycles. The highest BCUT2D eigenvalue weighted by atomic mass is 127. The van der Waals surface area contributed by atoms with Gasteiger partial charge in [-0.1, -0.05) is 41.9 Å². The number of halogens is 2. The van der Waals surface area contributed by atoms with Crippen LogP contribution in [-0.4, -0.2) is 17.7 Å². The Morgan fingerprint density at radius 1 is 1.16 bits per heavy atom. The van der Waals surface area contributed by atoms with Gasteiger partial charge in [0.15, 0.2) is 11.5 Å². The van der Waals surface area contributed by atoms with Crippen molar-refractivity contribution in [3.05, 3.63) is 91.5 Å². The van der Waals surface area contributed by atoms with Gasteiger partial charge in [-0.3, -0.25) is 0 Å². The third-order valence-electron chi connectivity index (χ3n) is 4.48. The molecule has 162 valence electrons. The lowest BCUT2D eigenvalue weighted by Gasteiger charge is -2.15. The number of carboxylic acid groups (broad SMARTS) is 1. The first-order valence-electron chi connectivity index (χ1n) is 9.71. The number of rotatable bonds is 8. The van der Waals surface area contributed by atoms with Crippen LogP contribution < -0.4 is 9.47 Å². The first kappa shape index (κ1) is 23.6. The number of nitrogens with zero attached hydrogens (tertiary/aromatic N) is 1. The van der Waals surface area contributed by atoms with Crippen molar-refractivity contribution in [3.8, 4) is 17.6 Å². The number of allylic oxidation sites excluding steroid dienone is 1. The highest BCUT2D eigenvalue weighted by Gasteiger charge is 2.14. The Bertz CT molecular complexity index is 1220. The van der Waals surface area contributed by atoms with Crippen LogP contribution in [0, 0.1) is 14.9 Å². The number of carboxylic acids is 1. The van der Waals surface area contributed by atoms with E-state index in [1.807, 2.05) is 31.2 Å². The maximum Gasteiger partial charge on any atom is 0.335 e. The first-order chi connectivity index (χ1) is 15.4. The highest BCUT2D eigenvalue weighted by molar-refractivity contribution is 14.1. The van der Waals surface area contributed by atoms with Gasteiger partial charge in [0.1, 0.15) is 6.61 Å². The lowest BCUT2D eigenvalue weighted by Crippen LogP contribution is -2.03. The normalized spacial score (nSPS) is 11.0. The summed E-state index contributed by atoms with van der Waals surface area (Å²) in [6.45, 7) is 2.50. The maximum absolute atomic E-state index is 11.2. The molecule has 0 atom stereocenters. The van der Waals surface area contributed by atoms with Crippen molar-refractivity contribution < 1.29 is 19.4 Å². The topological polar surface area (TPSA) is 79.5 Å². The van der Waals surface area contributed by atoms with Crippen LogP contribution in [0.4, 0.5) is 0 Å². The van der Waals surface area contributed by atoms with E-state index in [4.69, 9.17) is 21.1 Å². The Labute approximate surface area is 205 Å². The summed E-state index contributed by atoms with van der Waals surface area (Å²) in [5, 5.41) is 19.3. The second kappa shape index (κ2) is 11.0. The Hall–Kier alpha value is -3.02. The molecule has 5 nitrogen and oxygen atoms in total. The van der Waals surface area contributed by atoms with Crippen LogP contribution in [0.15, 0.2) is 60.7 Å². The number of aromatic carboxylic acids is 1. The average molecular weight is 560 g/mol. The molecule has 0 aromatic heterocycles. The molecular formula is C25H19ClINO4. The van der Waals surface area contributed by atoms with Crippen LogP contribution in [0.1, 0.15) is 34.0 Å². The molecule has 0 amide bonds. The fourth-order valence-corrected chi connectivity index (χ4v) is 4.06. The molecule has 3 rings (SSSR count). The molecule has 0 saturated carbocycles. The first-order valence-corrected chi connectivity index (χ1v) is 11.2. The minimum absolute atomic E-state index is 0.190. The quantitative estimate of drug-likeness (QED) is 0.189. The molecule has 0 heterocycles. The second-order valence-electron chi connectivity index (χ2n) is 6.71. The molecule has 0 aliphatic heterocycles. The number of benzene rings is 3. The molecule has 3 aromatic rings. The zero-order chi connectivity index (χ0) is 23.1. The summed E-state index contributed by atoms with van der Waals surface area (Å²) in [4.78, 5) is 11.2. The van der Waals surface area contributed by atoms with E-state index in [0.717, 1.165) is 14.7 Å². The van der Waals surface area contributed by atoms with Gasteiger partial charge >= 0.3 is 5.97 Å². The van der Waals surface area contributed by atoms with E-state index in [0.29, 0.717) is 34.3 Å². The van der Waals surface area contributed by atoms with Gasteiger partial charge in [0.2, 0.25) is 0 Å². The predicted molar refractivity (Wildman–Crippen MR) is 133 cm³/mol. The van der Waals surface area contributed by atoms with E-state index in [1.54, 1.807) is 36.4 Å². The van der Waals surface area contributed by atoms with E-state index < -0.39 is 5.97 Å². The molecule has 1 N–H and O–H groups in total. The van der Waals surface area contributed by atoms with Gasteiger partial charge in [0.25, 0.3) is 0 Å². The number of nitriles is 1. The van der Waals surface area contributed by atoms with Crippen LogP contribution in [0.2, 0.25) is 5.02 Å².